The first-order valence-corrected chi connectivity index (χ1v) is 3.01. The second-order valence-corrected chi connectivity index (χ2v) is 2.06. The highest BCUT2D eigenvalue weighted by Gasteiger charge is 2.38. The van der Waals surface area contributed by atoms with Crippen LogP contribution in [0.2, 0.25) is 0 Å². The summed E-state index contributed by atoms with van der Waals surface area (Å²) in [6.07, 6.45) is -4.34. The summed E-state index contributed by atoms with van der Waals surface area (Å²) < 4.78 is 34.6. The van der Waals surface area contributed by atoms with E-state index < -0.39 is 6.30 Å². The number of thioether (sulfide) groups is 1. The molecule has 1 rings (SSSR count). The highest BCUT2D eigenvalue weighted by molar-refractivity contribution is 8.12. The zero-order valence-electron chi connectivity index (χ0n) is 4.14. The number of hydrogen-bond donors (Lipinski definition) is 0. The van der Waals surface area contributed by atoms with Gasteiger partial charge in [-0.3, -0.25) is 0 Å². The van der Waals surface area contributed by atoms with E-state index in [0.717, 1.165) is 11.8 Å². The molecule has 0 atom stereocenters. The number of hydrazone groups is 1. The number of nitrogens with zero attached hydrogens (tertiary/aromatic N) is 2. The van der Waals surface area contributed by atoms with Gasteiger partial charge in [-0.05, 0) is 0 Å². The Balaban J connectivity index is 2.53. The minimum atomic E-state index is -4.34. The Hall–Kier alpha value is -0.390. The first-order chi connectivity index (χ1) is 4.11. The first kappa shape index (κ1) is 6.73. The van der Waals surface area contributed by atoms with Gasteiger partial charge in [0.05, 0.1) is 5.88 Å². The summed E-state index contributed by atoms with van der Waals surface area (Å²) in [4.78, 5) is 0. The molecule has 6 heteroatoms. The van der Waals surface area contributed by atoms with Crippen molar-refractivity contribution in [2.75, 3.05) is 5.88 Å². The van der Waals surface area contributed by atoms with E-state index in [1.54, 1.807) is 0 Å². The lowest BCUT2D eigenvalue weighted by atomic mass is 11.0. The normalized spacial score (nSPS) is 19.2. The summed E-state index contributed by atoms with van der Waals surface area (Å²) in [6.45, 7) is 0. The van der Waals surface area contributed by atoms with Crippen LogP contribution in [0, 0.1) is 0 Å². The standard InChI is InChI=1S/C3H2F3N2S/c4-3(5,6)8-2-9-1-7-8/h2H2. The molecule has 0 aromatic heterocycles. The van der Waals surface area contributed by atoms with Crippen LogP contribution in [-0.4, -0.2) is 22.7 Å². The zero-order chi connectivity index (χ0) is 6.91. The fourth-order valence-corrected chi connectivity index (χ4v) is 0.867. The van der Waals surface area contributed by atoms with Crippen LogP contribution in [0.4, 0.5) is 13.2 Å². The molecule has 0 saturated heterocycles. The molecule has 1 aliphatic heterocycles. The molecule has 0 bridgehead atoms. The molecule has 0 spiro atoms. The van der Waals surface area contributed by atoms with Gasteiger partial charge < -0.3 is 0 Å². The molecule has 0 fully saturated rings. The van der Waals surface area contributed by atoms with Crippen molar-refractivity contribution in [3.8, 4) is 0 Å². The molecule has 2 nitrogen and oxygen atoms in total. The third-order valence-electron chi connectivity index (χ3n) is 0.706. The predicted octanol–water partition coefficient (Wildman–Crippen LogP) is 1.33. The Morgan fingerprint density at radius 3 is 2.44 bits per heavy atom. The van der Waals surface area contributed by atoms with E-state index in [1.165, 1.54) is 0 Å². The largest absolute Gasteiger partial charge is 0.501 e. The number of hydrogen-bond acceptors (Lipinski definition) is 3. The van der Waals surface area contributed by atoms with Gasteiger partial charge in [0.1, 0.15) is 0 Å². The number of halogens is 3. The monoisotopic (exact) mass is 155 g/mol. The van der Waals surface area contributed by atoms with Gasteiger partial charge in [0.2, 0.25) is 0 Å². The quantitative estimate of drug-likeness (QED) is 0.490. The van der Waals surface area contributed by atoms with Crippen LogP contribution in [0.5, 0.6) is 0 Å². The summed E-state index contributed by atoms with van der Waals surface area (Å²) >= 11 is 0.898. The number of rotatable bonds is 0. The average molecular weight is 155 g/mol. The van der Waals surface area contributed by atoms with Crippen LogP contribution in [-0.2, 0) is 0 Å². The van der Waals surface area contributed by atoms with Crippen molar-refractivity contribution in [2.45, 2.75) is 6.30 Å². The molecular weight excluding hydrogens is 153 g/mol. The van der Waals surface area contributed by atoms with Crippen molar-refractivity contribution in [3.05, 3.63) is 0 Å². The van der Waals surface area contributed by atoms with Crippen LogP contribution >= 0.6 is 11.8 Å². The Morgan fingerprint density at radius 2 is 2.22 bits per heavy atom. The van der Waals surface area contributed by atoms with Gasteiger partial charge in [0.15, 0.2) is 5.55 Å². The van der Waals surface area contributed by atoms with E-state index in [9.17, 15) is 13.2 Å². The molecule has 0 aliphatic carbocycles. The van der Waals surface area contributed by atoms with E-state index in [0.29, 0.717) is 0 Å². The van der Waals surface area contributed by atoms with Crippen molar-refractivity contribution in [1.82, 2.24) is 5.01 Å². The second kappa shape index (κ2) is 2.09. The van der Waals surface area contributed by atoms with Gasteiger partial charge >= 0.3 is 6.30 Å². The molecule has 51 valence electrons. The van der Waals surface area contributed by atoms with Gasteiger partial charge in [0.25, 0.3) is 0 Å². The van der Waals surface area contributed by atoms with E-state index >= 15 is 0 Å². The summed E-state index contributed by atoms with van der Waals surface area (Å²) in [5, 5.41) is 2.95. The Labute approximate surface area is 53.7 Å². The third-order valence-corrected chi connectivity index (χ3v) is 1.29. The van der Waals surface area contributed by atoms with Gasteiger partial charge in [-0.1, -0.05) is 11.8 Å². The van der Waals surface area contributed by atoms with Gasteiger partial charge in [-0.2, -0.15) is 10.1 Å². The topological polar surface area (TPSA) is 15.6 Å². The van der Waals surface area contributed by atoms with Crippen LogP contribution in [0.15, 0.2) is 5.10 Å². The Kier molecular flexibility index (Phi) is 1.56. The van der Waals surface area contributed by atoms with Gasteiger partial charge in [0, 0.05) is 0 Å². The summed E-state index contributed by atoms with van der Waals surface area (Å²) in [7, 11) is 0. The predicted molar refractivity (Wildman–Crippen MR) is 27.8 cm³/mol. The molecule has 1 radical (unpaired) electrons. The second-order valence-electron chi connectivity index (χ2n) is 1.33. The molecule has 0 aromatic rings. The minimum absolute atomic E-state index is 0.0255. The molecule has 0 unspecified atom stereocenters. The van der Waals surface area contributed by atoms with Crippen LogP contribution in [0.25, 0.3) is 0 Å². The Bertz CT molecular complexity index is 132. The fourth-order valence-electron chi connectivity index (χ4n) is 0.327. The lowest BCUT2D eigenvalue weighted by Crippen LogP contribution is -2.30. The van der Waals surface area contributed by atoms with Crippen molar-refractivity contribution >= 4 is 17.3 Å². The average Bonchev–Trinajstić information content (AvgIpc) is 2.08. The van der Waals surface area contributed by atoms with Crippen molar-refractivity contribution in [3.63, 3.8) is 0 Å². The van der Waals surface area contributed by atoms with Crippen LogP contribution < -0.4 is 0 Å². The molecule has 1 heterocycles. The van der Waals surface area contributed by atoms with E-state index in [2.05, 4.69) is 10.6 Å². The lowest BCUT2D eigenvalue weighted by molar-refractivity contribution is -0.238. The molecule has 0 amide bonds. The fraction of sp³-hybridized carbons (Fsp3) is 0.667. The maximum absolute atomic E-state index is 11.5. The van der Waals surface area contributed by atoms with Crippen molar-refractivity contribution in [2.24, 2.45) is 5.10 Å². The van der Waals surface area contributed by atoms with Crippen LogP contribution in [0.3, 0.4) is 0 Å². The molecule has 9 heavy (non-hydrogen) atoms. The highest BCUT2D eigenvalue weighted by Crippen LogP contribution is 2.26. The number of alkyl halides is 3. The lowest BCUT2D eigenvalue weighted by Gasteiger charge is -2.14. The van der Waals surface area contributed by atoms with E-state index in [1.807, 2.05) is 0 Å². The van der Waals surface area contributed by atoms with Gasteiger partial charge in [-0.15, -0.1) is 13.2 Å². The van der Waals surface area contributed by atoms with E-state index in [-0.39, 0.29) is 10.9 Å². The maximum atomic E-state index is 11.5. The summed E-state index contributed by atoms with van der Waals surface area (Å²) in [6, 6.07) is 0. The smallest absolute Gasteiger partial charge is 0.193 e. The molecule has 0 N–H and O–H groups in total. The van der Waals surface area contributed by atoms with Crippen molar-refractivity contribution < 1.29 is 13.2 Å². The Morgan fingerprint density at radius 1 is 1.56 bits per heavy atom. The van der Waals surface area contributed by atoms with Crippen molar-refractivity contribution in [1.29, 1.82) is 0 Å². The third kappa shape index (κ3) is 1.51. The zero-order valence-corrected chi connectivity index (χ0v) is 4.96. The van der Waals surface area contributed by atoms with Crippen LogP contribution in [0.1, 0.15) is 0 Å². The highest BCUT2D eigenvalue weighted by atomic mass is 32.2. The summed E-state index contributed by atoms with van der Waals surface area (Å²) in [5.74, 6) is -0.177. The SMILES string of the molecule is FC(F)(F)N1CS[C]=N1. The van der Waals surface area contributed by atoms with Gasteiger partial charge in [-0.25, -0.2) is 0 Å². The molecule has 0 aromatic carbocycles. The maximum Gasteiger partial charge on any atom is 0.501 e. The molecular formula is C3H2F3N2S. The summed E-state index contributed by atoms with van der Waals surface area (Å²) in [5.41, 5.74) is 2.13. The molecule has 1 aliphatic rings. The minimum Gasteiger partial charge on any atom is -0.193 e. The molecule has 0 saturated carbocycles. The first-order valence-electron chi connectivity index (χ1n) is 2.02. The van der Waals surface area contributed by atoms with E-state index in [4.69, 9.17) is 0 Å².